The van der Waals surface area contributed by atoms with Gasteiger partial charge in [0.1, 0.15) is 11.7 Å². The lowest BCUT2D eigenvalue weighted by Gasteiger charge is -2.45. The van der Waals surface area contributed by atoms with Crippen LogP contribution in [0.15, 0.2) is 88.6 Å². The number of alkyl halides is 3. The summed E-state index contributed by atoms with van der Waals surface area (Å²) in [4.78, 5) is 5.02. The van der Waals surface area contributed by atoms with Gasteiger partial charge in [-0.1, -0.05) is 44.2 Å². The molecule has 0 aliphatic carbocycles. The van der Waals surface area contributed by atoms with Gasteiger partial charge in [0.05, 0.1) is 27.9 Å². The number of aryl methyl sites for hydroxylation is 1. The zero-order valence-corrected chi connectivity index (χ0v) is 23.5. The van der Waals surface area contributed by atoms with Crippen LogP contribution in [0.5, 0.6) is 0 Å². The second-order valence-corrected chi connectivity index (χ2v) is 12.2. The molecule has 0 N–H and O–H groups in total. The Bertz CT molecular complexity index is 1610. The van der Waals surface area contributed by atoms with Crippen LogP contribution in [0.3, 0.4) is 0 Å². The molecule has 4 aromatic rings. The summed E-state index contributed by atoms with van der Waals surface area (Å²) < 4.78 is 67.3. The molecule has 0 amide bonds. The zero-order valence-electron chi connectivity index (χ0n) is 22.6. The molecule has 6 nitrogen and oxygen atoms in total. The van der Waals surface area contributed by atoms with Gasteiger partial charge in [0.2, 0.25) is 0 Å². The van der Waals surface area contributed by atoms with Crippen molar-refractivity contribution in [2.75, 3.05) is 20.1 Å². The van der Waals surface area contributed by atoms with E-state index >= 15 is 0 Å². The summed E-state index contributed by atoms with van der Waals surface area (Å²) in [6.07, 6.45) is -4.60. The number of amidine groups is 1. The summed E-state index contributed by atoms with van der Waals surface area (Å²) in [5, 5.41) is 5.53. The first kappa shape index (κ1) is 27.8. The minimum atomic E-state index is -4.60. The highest BCUT2D eigenvalue weighted by Gasteiger charge is 2.45. The number of hydrogen-bond donors (Lipinski definition) is 0. The Morgan fingerprint density at radius 1 is 0.900 bits per heavy atom. The molecule has 0 saturated heterocycles. The fourth-order valence-corrected chi connectivity index (χ4v) is 9.00. The molecule has 3 aromatic carbocycles. The largest absolute Gasteiger partial charge is 0.418 e. The molecular weight excluding hydrogens is 539 g/mol. The fraction of sp³-hybridized carbons (Fsp3) is 0.241. The van der Waals surface area contributed by atoms with Crippen molar-refractivity contribution in [2.45, 2.75) is 26.9 Å². The minimum Gasteiger partial charge on any atom is -0.310 e. The Balaban J connectivity index is 1.94. The van der Waals surface area contributed by atoms with E-state index in [9.17, 15) is 17.6 Å². The molecule has 0 saturated carbocycles. The molecule has 40 heavy (non-hydrogen) atoms. The number of rotatable bonds is 6. The topological polar surface area (TPSA) is 49.0 Å². The third-order valence-electron chi connectivity index (χ3n) is 6.93. The number of fused-ring (bicyclic) bond motifs is 1. The SMILES string of the molecule is CCN(CC)[P@@]1(=Nc2ccccc2C(F)(F)F)c2c(C)nn(-c3ccccc3)c2N=C(c2ccc(F)cc2)N1C. The maximum Gasteiger partial charge on any atom is 0.418 e. The molecule has 1 atom stereocenters. The molecule has 0 bridgehead atoms. The van der Waals surface area contributed by atoms with Crippen LogP contribution < -0.4 is 5.30 Å². The number of hydrogen-bond acceptors (Lipinski definition) is 3. The van der Waals surface area contributed by atoms with Crippen molar-refractivity contribution in [3.63, 3.8) is 0 Å². The van der Waals surface area contributed by atoms with Crippen LogP contribution in [-0.2, 0) is 6.18 Å². The van der Waals surface area contributed by atoms with Gasteiger partial charge in [0, 0.05) is 25.7 Å². The molecule has 5 rings (SSSR count). The van der Waals surface area contributed by atoms with Crippen LogP contribution in [0.25, 0.3) is 5.69 Å². The molecule has 0 unspecified atom stereocenters. The van der Waals surface area contributed by atoms with Crippen LogP contribution >= 0.6 is 7.36 Å². The van der Waals surface area contributed by atoms with E-state index in [1.165, 1.54) is 24.3 Å². The molecule has 11 heteroatoms. The molecule has 2 heterocycles. The Morgan fingerprint density at radius 3 is 2.15 bits per heavy atom. The summed E-state index contributed by atoms with van der Waals surface area (Å²) in [7, 11) is -1.38. The summed E-state index contributed by atoms with van der Waals surface area (Å²) in [5.41, 5.74) is 1.03. The van der Waals surface area contributed by atoms with Crippen molar-refractivity contribution in [1.29, 1.82) is 0 Å². The average molecular weight is 569 g/mol. The van der Waals surface area contributed by atoms with Crippen molar-refractivity contribution in [2.24, 2.45) is 9.74 Å². The second kappa shape index (κ2) is 10.7. The van der Waals surface area contributed by atoms with Crippen LogP contribution in [-0.4, -0.2) is 45.1 Å². The van der Waals surface area contributed by atoms with E-state index in [0.29, 0.717) is 41.3 Å². The molecule has 1 aliphatic heterocycles. The van der Waals surface area contributed by atoms with E-state index in [1.807, 2.05) is 55.8 Å². The van der Waals surface area contributed by atoms with Gasteiger partial charge in [0.15, 0.2) is 13.2 Å². The third-order valence-corrected chi connectivity index (χ3v) is 10.9. The van der Waals surface area contributed by atoms with E-state index in [4.69, 9.17) is 14.8 Å². The molecule has 0 radical (unpaired) electrons. The maximum atomic E-state index is 14.2. The standard InChI is InChI=1S/C29H29F4N6P/c1-5-38(6-2)40(36-25-15-11-10-14-24(25)29(31,32)33)26-20(3)35-39(23-12-8-7-9-13-23)28(26)34-27(37(40)4)21-16-18-22(30)19-17-21/h7-19H,5-6H2,1-4H3/t40-/m1/s1. The van der Waals surface area contributed by atoms with Gasteiger partial charge in [-0.15, -0.1) is 0 Å². The molecule has 1 aromatic heterocycles. The Hall–Kier alpha value is -3.75. The number of halogens is 4. The van der Waals surface area contributed by atoms with Crippen LogP contribution in [0.1, 0.15) is 30.7 Å². The number of aliphatic imine (C=N–C) groups is 1. The second-order valence-electron chi connectivity index (χ2n) is 9.29. The van der Waals surface area contributed by atoms with Crippen molar-refractivity contribution in [1.82, 2.24) is 19.1 Å². The van der Waals surface area contributed by atoms with Crippen molar-refractivity contribution in [3.05, 3.63) is 102 Å². The maximum absolute atomic E-state index is 14.2. The van der Waals surface area contributed by atoms with Crippen LogP contribution in [0, 0.1) is 12.7 Å². The summed E-state index contributed by atoms with van der Waals surface area (Å²) in [6.45, 7) is 6.79. The molecule has 0 fully saturated rings. The van der Waals surface area contributed by atoms with Crippen molar-refractivity contribution in [3.8, 4) is 5.69 Å². The lowest BCUT2D eigenvalue weighted by Crippen LogP contribution is -2.41. The number of para-hydroxylation sites is 1. The van der Waals surface area contributed by atoms with Crippen LogP contribution in [0.4, 0.5) is 29.1 Å². The van der Waals surface area contributed by atoms with Gasteiger partial charge in [-0.3, -0.25) is 4.67 Å². The summed E-state index contributed by atoms with van der Waals surface area (Å²) in [6, 6.07) is 20.8. The molecule has 208 valence electrons. The van der Waals surface area contributed by atoms with Gasteiger partial charge in [0.25, 0.3) is 0 Å². The van der Waals surface area contributed by atoms with Gasteiger partial charge < -0.3 is 4.67 Å². The molecule has 0 spiro atoms. The predicted octanol–water partition coefficient (Wildman–Crippen LogP) is 7.69. The normalized spacial score (nSPS) is 17.1. The Labute approximate surface area is 230 Å². The highest BCUT2D eigenvalue weighted by atomic mass is 31.2. The molecule has 1 aliphatic rings. The van der Waals surface area contributed by atoms with Crippen molar-refractivity contribution < 1.29 is 17.6 Å². The Kier molecular flexibility index (Phi) is 7.42. The van der Waals surface area contributed by atoms with Gasteiger partial charge in [-0.25, -0.2) is 18.8 Å². The predicted molar refractivity (Wildman–Crippen MR) is 152 cm³/mol. The highest BCUT2D eigenvalue weighted by molar-refractivity contribution is 7.70. The average Bonchev–Trinajstić information content (AvgIpc) is 3.28. The van der Waals surface area contributed by atoms with Crippen LogP contribution in [0.2, 0.25) is 0 Å². The lowest BCUT2D eigenvalue weighted by molar-refractivity contribution is -0.137. The fourth-order valence-electron chi connectivity index (χ4n) is 5.09. The monoisotopic (exact) mass is 568 g/mol. The van der Waals surface area contributed by atoms with Crippen molar-refractivity contribution >= 4 is 30.0 Å². The summed E-state index contributed by atoms with van der Waals surface area (Å²) >= 11 is 0. The Morgan fingerprint density at radius 2 is 1.52 bits per heavy atom. The molecular formula is C29H29F4N6P. The minimum absolute atomic E-state index is 0.153. The highest BCUT2D eigenvalue weighted by Crippen LogP contribution is 2.62. The number of benzene rings is 3. The zero-order chi connectivity index (χ0) is 28.7. The first-order valence-corrected chi connectivity index (χ1v) is 14.5. The first-order valence-electron chi connectivity index (χ1n) is 12.9. The van der Waals surface area contributed by atoms with Gasteiger partial charge in [-0.05, 0) is 55.5 Å². The van der Waals surface area contributed by atoms with E-state index in [2.05, 4.69) is 4.67 Å². The van der Waals surface area contributed by atoms with Gasteiger partial charge in [-0.2, -0.15) is 18.3 Å². The van der Waals surface area contributed by atoms with E-state index in [-0.39, 0.29) is 5.69 Å². The van der Waals surface area contributed by atoms with E-state index in [0.717, 1.165) is 11.8 Å². The summed E-state index contributed by atoms with van der Waals surface area (Å²) in [5.74, 6) is 0.565. The smallest absolute Gasteiger partial charge is 0.310 e. The number of nitrogens with zero attached hydrogens (tertiary/aromatic N) is 6. The lowest BCUT2D eigenvalue weighted by atomic mass is 10.2. The first-order chi connectivity index (χ1) is 19.1. The third kappa shape index (κ3) is 4.65. The van der Waals surface area contributed by atoms with E-state index < -0.39 is 24.9 Å². The van der Waals surface area contributed by atoms with E-state index in [1.54, 1.807) is 29.9 Å². The quantitative estimate of drug-likeness (QED) is 0.177. The van der Waals surface area contributed by atoms with Gasteiger partial charge >= 0.3 is 6.18 Å². The number of aromatic nitrogens is 2.